The molecule has 0 aliphatic rings. The maximum Gasteiger partial charge on any atom is 0.359 e. The highest BCUT2D eigenvalue weighted by Gasteiger charge is 2.25. The lowest BCUT2D eigenvalue weighted by atomic mass is 9.98. The highest BCUT2D eigenvalue weighted by atomic mass is 127. The van der Waals surface area contributed by atoms with E-state index in [1.807, 2.05) is 95.4 Å². The second-order valence-electron chi connectivity index (χ2n) is 8.58. The average Bonchev–Trinajstić information content (AvgIpc) is 3.24. The van der Waals surface area contributed by atoms with Crippen molar-refractivity contribution in [3.8, 4) is 22.8 Å². The van der Waals surface area contributed by atoms with Crippen LogP contribution in [-0.4, -0.2) is 16.2 Å². The first-order valence-electron chi connectivity index (χ1n) is 11.3. The van der Waals surface area contributed by atoms with Gasteiger partial charge in [-0.2, -0.15) is 0 Å². The van der Waals surface area contributed by atoms with Gasteiger partial charge in [0.15, 0.2) is 5.76 Å². The van der Waals surface area contributed by atoms with Crippen LogP contribution < -0.4 is 9.47 Å². The van der Waals surface area contributed by atoms with Gasteiger partial charge in [0.1, 0.15) is 24.7 Å². The molecule has 0 spiro atoms. The van der Waals surface area contributed by atoms with E-state index in [0.29, 0.717) is 39.8 Å². The van der Waals surface area contributed by atoms with Gasteiger partial charge in [-0.25, -0.2) is 4.79 Å². The predicted octanol–water partition coefficient (Wildman–Crippen LogP) is 7.00. The molecule has 0 fully saturated rings. The molecular formula is C28H26INO5. The molecule has 1 aromatic heterocycles. The molecule has 7 heteroatoms. The number of hydrogen-bond acceptors (Lipinski definition) is 5. The Morgan fingerprint density at radius 3 is 2.03 bits per heavy atom. The Morgan fingerprint density at radius 1 is 0.943 bits per heavy atom. The van der Waals surface area contributed by atoms with Crippen molar-refractivity contribution in [2.75, 3.05) is 0 Å². The van der Waals surface area contributed by atoms with Gasteiger partial charge in [0.2, 0.25) is 5.69 Å². The molecule has 1 heterocycles. The van der Waals surface area contributed by atoms with Crippen molar-refractivity contribution in [2.24, 2.45) is 5.92 Å². The molecule has 0 aliphatic carbocycles. The van der Waals surface area contributed by atoms with Gasteiger partial charge >= 0.3 is 5.97 Å². The number of carboxylic acids is 1. The molecule has 1 N–H and O–H groups in total. The number of hydrogen-bond donors (Lipinski definition) is 1. The van der Waals surface area contributed by atoms with E-state index in [1.54, 1.807) is 0 Å². The molecule has 0 saturated carbocycles. The Bertz CT molecular complexity index is 1290. The van der Waals surface area contributed by atoms with Gasteiger partial charge in [-0.15, -0.1) is 0 Å². The van der Waals surface area contributed by atoms with Gasteiger partial charge in [0, 0.05) is 6.07 Å². The van der Waals surface area contributed by atoms with Gasteiger partial charge in [0.25, 0.3) is 0 Å². The van der Waals surface area contributed by atoms with Gasteiger partial charge in [0.05, 0.1) is 9.13 Å². The fraction of sp³-hybridized carbons (Fsp3) is 0.214. The Hall–Kier alpha value is -3.33. The Kier molecular flexibility index (Phi) is 8.07. The molecule has 0 aliphatic heterocycles. The molecule has 0 amide bonds. The molecule has 4 rings (SSSR count). The van der Waals surface area contributed by atoms with Crippen molar-refractivity contribution in [2.45, 2.75) is 33.5 Å². The van der Waals surface area contributed by atoms with Crippen LogP contribution >= 0.6 is 22.6 Å². The van der Waals surface area contributed by atoms with Crippen LogP contribution in [0, 0.1) is 9.49 Å². The molecule has 35 heavy (non-hydrogen) atoms. The number of halogens is 1. The number of aromatic nitrogens is 1. The van der Waals surface area contributed by atoms with E-state index in [-0.39, 0.29) is 5.69 Å². The van der Waals surface area contributed by atoms with Gasteiger partial charge in [-0.3, -0.25) is 0 Å². The third-order valence-electron chi connectivity index (χ3n) is 5.35. The summed E-state index contributed by atoms with van der Waals surface area (Å²) >= 11 is 1.96. The number of ether oxygens (including phenoxy) is 2. The van der Waals surface area contributed by atoms with E-state index in [9.17, 15) is 9.90 Å². The first-order chi connectivity index (χ1) is 16.9. The topological polar surface area (TPSA) is 81.8 Å². The first kappa shape index (κ1) is 24.8. The Labute approximate surface area is 218 Å². The summed E-state index contributed by atoms with van der Waals surface area (Å²) in [5, 5.41) is 13.2. The van der Waals surface area contributed by atoms with E-state index in [4.69, 9.17) is 14.0 Å². The lowest BCUT2D eigenvalue weighted by Gasteiger charge is -2.18. The van der Waals surface area contributed by atoms with Crippen molar-refractivity contribution < 1.29 is 23.9 Å². The minimum Gasteiger partial charge on any atom is -0.488 e. The lowest BCUT2D eigenvalue weighted by Crippen LogP contribution is -2.05. The van der Waals surface area contributed by atoms with E-state index in [2.05, 4.69) is 19.0 Å². The quantitative estimate of drug-likeness (QED) is 0.203. The van der Waals surface area contributed by atoms with Crippen LogP contribution in [0.5, 0.6) is 11.5 Å². The fourth-order valence-corrected chi connectivity index (χ4v) is 4.40. The van der Waals surface area contributed by atoms with Crippen LogP contribution in [0.15, 0.2) is 77.3 Å². The standard InChI is InChI=1S/C28H26INO5/c1-18(2)13-21-14-22(27-25(29)26(28(31)32)30-35-27)24(34-17-20-11-7-4-8-12-20)15-23(21)33-16-19-9-5-3-6-10-19/h3-12,14-15,18H,13,16-17H2,1-2H3,(H,31,32). The summed E-state index contributed by atoms with van der Waals surface area (Å²) in [5.74, 6) is 0.867. The second kappa shape index (κ2) is 11.4. The van der Waals surface area contributed by atoms with Crippen molar-refractivity contribution in [3.05, 3.63) is 98.8 Å². The summed E-state index contributed by atoms with van der Waals surface area (Å²) in [6, 6.07) is 23.7. The second-order valence-corrected chi connectivity index (χ2v) is 9.66. The first-order valence-corrected chi connectivity index (χ1v) is 12.4. The van der Waals surface area contributed by atoms with Crippen LogP contribution in [0.1, 0.15) is 41.0 Å². The third kappa shape index (κ3) is 6.22. The average molecular weight is 583 g/mol. The Morgan fingerprint density at radius 2 is 1.51 bits per heavy atom. The van der Waals surface area contributed by atoms with Crippen LogP contribution in [0.2, 0.25) is 0 Å². The van der Waals surface area contributed by atoms with Crippen molar-refractivity contribution >= 4 is 28.6 Å². The molecule has 0 atom stereocenters. The third-order valence-corrected chi connectivity index (χ3v) is 6.35. The number of benzene rings is 3. The largest absolute Gasteiger partial charge is 0.488 e. The van der Waals surface area contributed by atoms with Gasteiger partial charge in [-0.05, 0) is 57.7 Å². The van der Waals surface area contributed by atoms with Gasteiger partial charge < -0.3 is 19.1 Å². The summed E-state index contributed by atoms with van der Waals surface area (Å²) in [7, 11) is 0. The number of rotatable bonds is 10. The molecule has 6 nitrogen and oxygen atoms in total. The lowest BCUT2D eigenvalue weighted by molar-refractivity contribution is 0.0684. The summed E-state index contributed by atoms with van der Waals surface area (Å²) in [4.78, 5) is 11.6. The smallest absolute Gasteiger partial charge is 0.359 e. The summed E-state index contributed by atoms with van der Waals surface area (Å²) in [6.07, 6.45) is 0.770. The molecule has 0 radical (unpaired) electrons. The van der Waals surface area contributed by atoms with Crippen molar-refractivity contribution in [1.82, 2.24) is 5.16 Å². The number of carboxylic acid groups (broad SMARTS) is 1. The molecule has 180 valence electrons. The predicted molar refractivity (Wildman–Crippen MR) is 142 cm³/mol. The van der Waals surface area contributed by atoms with E-state index >= 15 is 0 Å². The zero-order valence-corrected chi connectivity index (χ0v) is 21.7. The van der Waals surface area contributed by atoms with E-state index in [1.165, 1.54) is 0 Å². The van der Waals surface area contributed by atoms with Crippen LogP contribution in [0.3, 0.4) is 0 Å². The highest BCUT2D eigenvalue weighted by molar-refractivity contribution is 14.1. The molecule has 4 aromatic rings. The molecule has 0 unspecified atom stereocenters. The van der Waals surface area contributed by atoms with Crippen LogP contribution in [-0.2, 0) is 19.6 Å². The van der Waals surface area contributed by atoms with Crippen LogP contribution in [0.4, 0.5) is 0 Å². The number of nitrogens with zero attached hydrogens (tertiary/aromatic N) is 1. The van der Waals surface area contributed by atoms with Crippen molar-refractivity contribution in [3.63, 3.8) is 0 Å². The highest BCUT2D eigenvalue weighted by Crippen LogP contribution is 2.40. The van der Waals surface area contributed by atoms with E-state index in [0.717, 1.165) is 28.9 Å². The fourth-order valence-electron chi connectivity index (χ4n) is 3.69. The monoisotopic (exact) mass is 583 g/mol. The molecule has 3 aromatic carbocycles. The molecule has 0 bridgehead atoms. The zero-order valence-electron chi connectivity index (χ0n) is 19.5. The SMILES string of the molecule is CC(C)Cc1cc(-c2onc(C(=O)O)c2I)c(OCc2ccccc2)cc1OCc1ccccc1. The Balaban J connectivity index is 1.76. The van der Waals surface area contributed by atoms with E-state index < -0.39 is 5.97 Å². The number of carbonyl (C=O) groups is 1. The normalized spacial score (nSPS) is 11.0. The molecule has 0 saturated heterocycles. The summed E-state index contributed by atoms with van der Waals surface area (Å²) in [5.41, 5.74) is 3.59. The number of aromatic carboxylic acids is 1. The van der Waals surface area contributed by atoms with Gasteiger partial charge in [-0.1, -0.05) is 79.7 Å². The van der Waals surface area contributed by atoms with Crippen LogP contribution in [0.25, 0.3) is 11.3 Å². The maximum atomic E-state index is 11.6. The minimum atomic E-state index is -1.14. The maximum absolute atomic E-state index is 11.6. The summed E-state index contributed by atoms with van der Waals surface area (Å²) in [6.45, 7) is 5.04. The van der Waals surface area contributed by atoms with Crippen molar-refractivity contribution in [1.29, 1.82) is 0 Å². The zero-order chi connectivity index (χ0) is 24.8. The summed E-state index contributed by atoms with van der Waals surface area (Å²) < 4.78 is 18.4. The molecular weight excluding hydrogens is 557 g/mol. The minimum absolute atomic E-state index is 0.121.